The average Bonchev–Trinajstić information content (AvgIpc) is 2.05. The van der Waals surface area contributed by atoms with E-state index in [-0.39, 0.29) is 0 Å². The molecule has 0 unspecified atom stereocenters. The topological polar surface area (TPSA) is 29.3 Å². The molecule has 11 heavy (non-hydrogen) atoms. The SMILES string of the molecule is C#CN(C)c1ccc(N)cc1. The third-order valence-corrected chi connectivity index (χ3v) is 1.47. The number of nitrogens with two attached hydrogens (primary N) is 1. The summed E-state index contributed by atoms with van der Waals surface area (Å²) in [5.74, 6) is 0. The smallest absolute Gasteiger partial charge is 0.0487 e. The van der Waals surface area contributed by atoms with Crippen LogP contribution in [0.15, 0.2) is 24.3 Å². The number of rotatable bonds is 1. The van der Waals surface area contributed by atoms with Crippen LogP contribution in [0, 0.1) is 12.5 Å². The van der Waals surface area contributed by atoms with E-state index in [1.165, 1.54) is 0 Å². The molecule has 1 rings (SSSR count). The zero-order chi connectivity index (χ0) is 8.27. The van der Waals surface area contributed by atoms with E-state index in [2.05, 4.69) is 6.04 Å². The molecule has 1 aromatic carbocycles. The Bertz CT molecular complexity index is 269. The van der Waals surface area contributed by atoms with Crippen LogP contribution < -0.4 is 10.6 Å². The van der Waals surface area contributed by atoms with Crippen LogP contribution in [0.25, 0.3) is 0 Å². The lowest BCUT2D eigenvalue weighted by Gasteiger charge is -2.09. The van der Waals surface area contributed by atoms with E-state index < -0.39 is 0 Å². The monoisotopic (exact) mass is 146 g/mol. The van der Waals surface area contributed by atoms with Crippen molar-refractivity contribution in [3.05, 3.63) is 24.3 Å². The molecular formula is C9H10N2. The van der Waals surface area contributed by atoms with Crippen molar-refractivity contribution in [2.75, 3.05) is 17.7 Å². The second kappa shape index (κ2) is 2.98. The Hall–Kier alpha value is -1.62. The molecule has 0 heterocycles. The van der Waals surface area contributed by atoms with E-state index in [4.69, 9.17) is 12.2 Å². The van der Waals surface area contributed by atoms with Crippen molar-refractivity contribution in [1.29, 1.82) is 0 Å². The molecule has 0 aliphatic carbocycles. The van der Waals surface area contributed by atoms with Crippen LogP contribution in [0.5, 0.6) is 0 Å². The summed E-state index contributed by atoms with van der Waals surface area (Å²) in [6.45, 7) is 0. The highest BCUT2D eigenvalue weighted by Crippen LogP contribution is 2.13. The Morgan fingerprint density at radius 3 is 2.36 bits per heavy atom. The quantitative estimate of drug-likeness (QED) is 0.367. The summed E-state index contributed by atoms with van der Waals surface area (Å²) in [6.07, 6.45) is 5.19. The first-order valence-corrected chi connectivity index (χ1v) is 3.29. The molecule has 0 aromatic heterocycles. The Balaban J connectivity index is 2.92. The van der Waals surface area contributed by atoms with Crippen LogP contribution >= 0.6 is 0 Å². The summed E-state index contributed by atoms with van der Waals surface area (Å²) in [7, 11) is 1.82. The fourth-order valence-corrected chi connectivity index (χ4v) is 0.772. The van der Waals surface area contributed by atoms with Gasteiger partial charge in [0.2, 0.25) is 0 Å². The highest BCUT2D eigenvalue weighted by Gasteiger charge is 1.93. The largest absolute Gasteiger partial charge is 0.399 e. The van der Waals surface area contributed by atoms with Crippen molar-refractivity contribution in [2.45, 2.75) is 0 Å². The number of nitrogens with zero attached hydrogens (tertiary/aromatic N) is 1. The molecule has 56 valence electrons. The second-order valence-corrected chi connectivity index (χ2v) is 2.28. The third-order valence-electron chi connectivity index (χ3n) is 1.47. The predicted molar refractivity (Wildman–Crippen MR) is 48.1 cm³/mol. The third kappa shape index (κ3) is 1.65. The molecule has 0 amide bonds. The van der Waals surface area contributed by atoms with E-state index in [1.807, 2.05) is 31.3 Å². The second-order valence-electron chi connectivity index (χ2n) is 2.28. The lowest BCUT2D eigenvalue weighted by Crippen LogP contribution is -2.07. The van der Waals surface area contributed by atoms with Gasteiger partial charge >= 0.3 is 0 Å². The molecule has 2 heteroatoms. The van der Waals surface area contributed by atoms with Crippen LogP contribution in [-0.2, 0) is 0 Å². The highest BCUT2D eigenvalue weighted by molar-refractivity contribution is 5.55. The molecule has 0 aliphatic heterocycles. The average molecular weight is 146 g/mol. The van der Waals surface area contributed by atoms with Gasteiger partial charge in [0.05, 0.1) is 0 Å². The summed E-state index contributed by atoms with van der Waals surface area (Å²) >= 11 is 0. The fourth-order valence-electron chi connectivity index (χ4n) is 0.772. The van der Waals surface area contributed by atoms with Crippen molar-refractivity contribution >= 4 is 11.4 Å². The van der Waals surface area contributed by atoms with Crippen LogP contribution in [0.1, 0.15) is 0 Å². The minimum atomic E-state index is 0.749. The number of terminal acetylenes is 1. The van der Waals surface area contributed by atoms with E-state index >= 15 is 0 Å². The van der Waals surface area contributed by atoms with Gasteiger partial charge in [0.25, 0.3) is 0 Å². The van der Waals surface area contributed by atoms with Gasteiger partial charge in [-0.05, 0) is 24.3 Å². The van der Waals surface area contributed by atoms with E-state index in [0.717, 1.165) is 11.4 Å². The van der Waals surface area contributed by atoms with Crippen molar-refractivity contribution < 1.29 is 0 Å². The Kier molecular flexibility index (Phi) is 2.03. The maximum absolute atomic E-state index is 5.50. The van der Waals surface area contributed by atoms with Gasteiger partial charge in [-0.2, -0.15) is 0 Å². The zero-order valence-corrected chi connectivity index (χ0v) is 6.41. The first kappa shape index (κ1) is 7.49. The maximum atomic E-state index is 5.50. The maximum Gasteiger partial charge on any atom is 0.0487 e. The Labute approximate surface area is 66.6 Å². The molecule has 2 N–H and O–H groups in total. The van der Waals surface area contributed by atoms with E-state index in [9.17, 15) is 0 Å². The lowest BCUT2D eigenvalue weighted by molar-refractivity contribution is 1.25. The molecule has 0 fully saturated rings. The number of benzene rings is 1. The number of hydrogen-bond acceptors (Lipinski definition) is 2. The van der Waals surface area contributed by atoms with Crippen molar-refractivity contribution in [3.8, 4) is 12.5 Å². The van der Waals surface area contributed by atoms with Crippen LogP contribution in [0.3, 0.4) is 0 Å². The van der Waals surface area contributed by atoms with Gasteiger partial charge in [-0.25, -0.2) is 0 Å². The van der Waals surface area contributed by atoms with Gasteiger partial charge in [0.1, 0.15) is 0 Å². The molecule has 0 saturated carbocycles. The van der Waals surface area contributed by atoms with Gasteiger partial charge in [-0.3, -0.25) is 0 Å². The first-order valence-electron chi connectivity index (χ1n) is 3.29. The van der Waals surface area contributed by atoms with Gasteiger partial charge in [-0.15, -0.1) is 0 Å². The van der Waals surface area contributed by atoms with Gasteiger partial charge in [0, 0.05) is 24.5 Å². The molecule has 0 saturated heterocycles. The minimum Gasteiger partial charge on any atom is -0.399 e. The minimum absolute atomic E-state index is 0.749. The number of hydrogen-bond donors (Lipinski definition) is 1. The molecule has 0 spiro atoms. The summed E-state index contributed by atoms with van der Waals surface area (Å²) in [5.41, 5.74) is 7.22. The summed E-state index contributed by atoms with van der Waals surface area (Å²) in [6, 6.07) is 9.91. The van der Waals surface area contributed by atoms with Gasteiger partial charge in [0.15, 0.2) is 0 Å². The highest BCUT2D eigenvalue weighted by atomic mass is 15.1. The predicted octanol–water partition coefficient (Wildman–Crippen LogP) is 1.30. The standard InChI is InChI=1S/C9H10N2/c1-3-11(2)9-6-4-8(10)5-7-9/h1,4-7H,10H2,2H3. The van der Waals surface area contributed by atoms with Crippen molar-refractivity contribution in [2.24, 2.45) is 0 Å². The molecule has 1 aromatic rings. The van der Waals surface area contributed by atoms with Crippen molar-refractivity contribution in [3.63, 3.8) is 0 Å². The van der Waals surface area contributed by atoms with E-state index in [1.54, 1.807) is 4.90 Å². The first-order chi connectivity index (χ1) is 5.24. The Morgan fingerprint density at radius 2 is 1.91 bits per heavy atom. The molecule has 0 bridgehead atoms. The van der Waals surface area contributed by atoms with Crippen molar-refractivity contribution in [1.82, 2.24) is 0 Å². The normalized spacial score (nSPS) is 8.73. The van der Waals surface area contributed by atoms with E-state index in [0.29, 0.717) is 0 Å². The number of anilines is 2. The van der Waals surface area contributed by atoms with Gasteiger partial charge < -0.3 is 10.6 Å². The zero-order valence-electron chi connectivity index (χ0n) is 6.41. The fraction of sp³-hybridized carbons (Fsp3) is 0.111. The molecule has 0 atom stereocenters. The lowest BCUT2D eigenvalue weighted by atomic mass is 10.3. The summed E-state index contributed by atoms with van der Waals surface area (Å²) in [5, 5.41) is 0. The number of nitrogen functional groups attached to an aromatic ring is 1. The Morgan fingerprint density at radius 1 is 1.36 bits per heavy atom. The molecular weight excluding hydrogens is 136 g/mol. The summed E-state index contributed by atoms with van der Waals surface area (Å²) < 4.78 is 0. The van der Waals surface area contributed by atoms with Crippen LogP contribution in [-0.4, -0.2) is 7.05 Å². The summed E-state index contributed by atoms with van der Waals surface area (Å²) in [4.78, 5) is 1.69. The van der Waals surface area contributed by atoms with Crippen LogP contribution in [0.4, 0.5) is 11.4 Å². The molecule has 2 nitrogen and oxygen atoms in total. The van der Waals surface area contributed by atoms with Gasteiger partial charge in [-0.1, -0.05) is 6.42 Å². The van der Waals surface area contributed by atoms with Crippen LogP contribution in [0.2, 0.25) is 0 Å². The molecule has 0 aliphatic rings. The molecule has 0 radical (unpaired) electrons.